The molecular weight excluding hydrogens is 290 g/mol. The number of aromatic nitrogens is 2. The highest BCUT2D eigenvalue weighted by molar-refractivity contribution is 5.98. The van der Waals surface area contributed by atoms with Gasteiger partial charge in [-0.05, 0) is 26.2 Å². The number of amides is 1. The average molecular weight is 315 g/mol. The standard InChI is InChI=1S/C17H25N5O/c1-14(20-8-5-10-22-11-9-19-13-22)16(12-18)17(23)21-15-6-3-2-4-7-15/h9,11,13,15,20H,2-8,10H2,1H3,(H,21,23)/b16-14-. The van der Waals surface area contributed by atoms with Crippen molar-refractivity contribution in [3.05, 3.63) is 30.0 Å². The molecule has 0 bridgehead atoms. The Labute approximate surface area is 137 Å². The minimum atomic E-state index is -0.251. The lowest BCUT2D eigenvalue weighted by atomic mass is 9.95. The van der Waals surface area contributed by atoms with Crippen LogP contribution in [-0.4, -0.2) is 28.0 Å². The van der Waals surface area contributed by atoms with Crippen molar-refractivity contribution in [1.29, 1.82) is 5.26 Å². The number of carbonyl (C=O) groups is 1. The van der Waals surface area contributed by atoms with Crippen LogP contribution in [0.4, 0.5) is 0 Å². The zero-order chi connectivity index (χ0) is 16.5. The summed E-state index contributed by atoms with van der Waals surface area (Å²) < 4.78 is 2.00. The summed E-state index contributed by atoms with van der Waals surface area (Å²) in [5, 5.41) is 15.5. The van der Waals surface area contributed by atoms with Gasteiger partial charge in [-0.25, -0.2) is 4.98 Å². The van der Waals surface area contributed by atoms with Gasteiger partial charge in [0.15, 0.2) is 0 Å². The lowest BCUT2D eigenvalue weighted by Gasteiger charge is -2.22. The highest BCUT2D eigenvalue weighted by Crippen LogP contribution is 2.17. The quantitative estimate of drug-likeness (QED) is 0.458. The maximum Gasteiger partial charge on any atom is 0.263 e. The molecule has 124 valence electrons. The predicted octanol–water partition coefficient (Wildman–Crippen LogP) is 2.11. The van der Waals surface area contributed by atoms with E-state index in [2.05, 4.69) is 15.6 Å². The zero-order valence-electron chi connectivity index (χ0n) is 13.7. The van der Waals surface area contributed by atoms with Crippen LogP contribution < -0.4 is 10.6 Å². The van der Waals surface area contributed by atoms with Gasteiger partial charge in [0, 0.05) is 37.2 Å². The summed E-state index contributed by atoms with van der Waals surface area (Å²) in [6.07, 6.45) is 11.9. The van der Waals surface area contributed by atoms with Gasteiger partial charge in [-0.2, -0.15) is 5.26 Å². The summed E-state index contributed by atoms with van der Waals surface area (Å²) in [5.41, 5.74) is 0.838. The van der Waals surface area contributed by atoms with E-state index in [1.165, 1.54) is 6.42 Å². The lowest BCUT2D eigenvalue weighted by molar-refractivity contribution is -0.118. The van der Waals surface area contributed by atoms with Crippen LogP contribution in [0.3, 0.4) is 0 Å². The zero-order valence-corrected chi connectivity index (χ0v) is 13.7. The van der Waals surface area contributed by atoms with E-state index in [9.17, 15) is 10.1 Å². The molecule has 1 aliphatic carbocycles. The molecule has 0 aliphatic heterocycles. The van der Waals surface area contributed by atoms with Gasteiger partial charge in [0.25, 0.3) is 5.91 Å². The Hall–Kier alpha value is -2.29. The van der Waals surface area contributed by atoms with Crippen molar-refractivity contribution in [1.82, 2.24) is 20.2 Å². The first-order valence-corrected chi connectivity index (χ1v) is 8.32. The fourth-order valence-corrected chi connectivity index (χ4v) is 2.85. The Morgan fingerprint density at radius 3 is 2.83 bits per heavy atom. The maximum absolute atomic E-state index is 12.3. The largest absolute Gasteiger partial charge is 0.387 e. The van der Waals surface area contributed by atoms with E-state index in [1.807, 2.05) is 16.8 Å². The van der Waals surface area contributed by atoms with Gasteiger partial charge in [-0.3, -0.25) is 4.79 Å². The summed E-state index contributed by atoms with van der Waals surface area (Å²) in [6.45, 7) is 3.36. The molecule has 0 spiro atoms. The lowest BCUT2D eigenvalue weighted by Crippen LogP contribution is -2.37. The second-order valence-electron chi connectivity index (χ2n) is 6.00. The number of nitrogens with one attached hydrogen (secondary N) is 2. The molecule has 1 fully saturated rings. The number of hydrogen-bond donors (Lipinski definition) is 2. The third-order valence-corrected chi connectivity index (χ3v) is 4.20. The number of imidazole rings is 1. The third kappa shape index (κ3) is 5.44. The molecule has 1 heterocycles. The maximum atomic E-state index is 12.3. The summed E-state index contributed by atoms with van der Waals surface area (Å²) >= 11 is 0. The second kappa shape index (κ2) is 8.99. The molecule has 2 rings (SSSR count). The Morgan fingerprint density at radius 1 is 1.39 bits per heavy atom. The van der Waals surface area contributed by atoms with Gasteiger partial charge in [0.05, 0.1) is 6.33 Å². The molecule has 6 heteroatoms. The minimum Gasteiger partial charge on any atom is -0.387 e. The number of rotatable bonds is 7. The van der Waals surface area contributed by atoms with E-state index < -0.39 is 0 Å². The molecule has 0 unspecified atom stereocenters. The smallest absolute Gasteiger partial charge is 0.263 e. The van der Waals surface area contributed by atoms with Crippen LogP contribution in [0.15, 0.2) is 30.0 Å². The molecular formula is C17H25N5O. The molecule has 23 heavy (non-hydrogen) atoms. The van der Waals surface area contributed by atoms with Crippen molar-refractivity contribution < 1.29 is 4.79 Å². The van der Waals surface area contributed by atoms with Gasteiger partial charge < -0.3 is 15.2 Å². The summed E-state index contributed by atoms with van der Waals surface area (Å²) in [4.78, 5) is 16.3. The number of carbonyl (C=O) groups excluding carboxylic acids is 1. The molecule has 0 aromatic carbocycles. The van der Waals surface area contributed by atoms with Gasteiger partial charge in [-0.15, -0.1) is 0 Å². The van der Waals surface area contributed by atoms with E-state index in [-0.39, 0.29) is 17.5 Å². The topological polar surface area (TPSA) is 82.7 Å². The summed E-state index contributed by atoms with van der Waals surface area (Å²) in [5.74, 6) is -0.251. The van der Waals surface area contributed by atoms with Crippen LogP contribution in [0.5, 0.6) is 0 Å². The van der Waals surface area contributed by atoms with Crippen molar-refractivity contribution in [3.63, 3.8) is 0 Å². The van der Waals surface area contributed by atoms with Crippen LogP contribution in [0.25, 0.3) is 0 Å². The number of nitriles is 1. The fourth-order valence-electron chi connectivity index (χ4n) is 2.85. The molecule has 0 saturated heterocycles. The first-order valence-electron chi connectivity index (χ1n) is 8.32. The van der Waals surface area contributed by atoms with Crippen molar-refractivity contribution >= 4 is 5.91 Å². The molecule has 0 radical (unpaired) electrons. The SMILES string of the molecule is C/C(NCCCn1ccnc1)=C(\C#N)C(=O)NC1CCCCC1. The van der Waals surface area contributed by atoms with Gasteiger partial charge in [0.2, 0.25) is 0 Å². The molecule has 0 atom stereocenters. The van der Waals surface area contributed by atoms with Crippen LogP contribution in [-0.2, 0) is 11.3 Å². The highest BCUT2D eigenvalue weighted by Gasteiger charge is 2.19. The van der Waals surface area contributed by atoms with Gasteiger partial charge >= 0.3 is 0 Å². The molecule has 1 saturated carbocycles. The molecule has 6 nitrogen and oxygen atoms in total. The molecule has 1 aliphatic rings. The van der Waals surface area contributed by atoms with Crippen LogP contribution in [0, 0.1) is 11.3 Å². The predicted molar refractivity (Wildman–Crippen MR) is 88.2 cm³/mol. The first-order chi connectivity index (χ1) is 11.2. The summed E-state index contributed by atoms with van der Waals surface area (Å²) in [7, 11) is 0. The highest BCUT2D eigenvalue weighted by atomic mass is 16.1. The number of hydrogen-bond acceptors (Lipinski definition) is 4. The van der Waals surface area contributed by atoms with Gasteiger partial charge in [0.1, 0.15) is 11.6 Å². The van der Waals surface area contributed by atoms with E-state index >= 15 is 0 Å². The van der Waals surface area contributed by atoms with Crippen molar-refractivity contribution in [2.75, 3.05) is 6.54 Å². The minimum absolute atomic E-state index is 0.193. The number of aryl methyl sites for hydroxylation is 1. The van der Waals surface area contributed by atoms with Crippen LogP contribution >= 0.6 is 0 Å². The summed E-state index contributed by atoms with van der Waals surface area (Å²) in [6, 6.07) is 2.25. The number of nitrogens with zero attached hydrogens (tertiary/aromatic N) is 3. The van der Waals surface area contributed by atoms with Crippen LogP contribution in [0.1, 0.15) is 45.4 Å². The third-order valence-electron chi connectivity index (χ3n) is 4.20. The molecule has 1 amide bonds. The normalized spacial score (nSPS) is 16.3. The molecule has 1 aromatic rings. The fraction of sp³-hybridized carbons (Fsp3) is 0.588. The monoisotopic (exact) mass is 315 g/mol. The van der Waals surface area contributed by atoms with Crippen molar-refractivity contribution in [2.45, 2.75) is 58.0 Å². The van der Waals surface area contributed by atoms with Crippen molar-refractivity contribution in [3.8, 4) is 6.07 Å². The van der Waals surface area contributed by atoms with E-state index in [0.29, 0.717) is 12.2 Å². The Morgan fingerprint density at radius 2 is 2.17 bits per heavy atom. The van der Waals surface area contributed by atoms with E-state index in [0.717, 1.165) is 38.6 Å². The Balaban J connectivity index is 1.79. The Bertz CT molecular complexity index is 564. The molecule has 2 N–H and O–H groups in total. The van der Waals surface area contributed by atoms with E-state index in [1.54, 1.807) is 19.4 Å². The van der Waals surface area contributed by atoms with Gasteiger partial charge in [-0.1, -0.05) is 19.3 Å². The average Bonchev–Trinajstić information content (AvgIpc) is 3.06. The van der Waals surface area contributed by atoms with Crippen LogP contribution in [0.2, 0.25) is 0 Å². The van der Waals surface area contributed by atoms with Crippen molar-refractivity contribution in [2.24, 2.45) is 0 Å². The molecule has 1 aromatic heterocycles. The Kier molecular flexibility index (Phi) is 6.67. The van der Waals surface area contributed by atoms with E-state index in [4.69, 9.17) is 0 Å². The second-order valence-corrected chi connectivity index (χ2v) is 6.00. The first kappa shape index (κ1) is 17.1. The number of allylic oxidation sites excluding steroid dienone is 1.